The van der Waals surface area contributed by atoms with Crippen LogP contribution in [0, 0.1) is 0 Å². The van der Waals surface area contributed by atoms with E-state index in [0.29, 0.717) is 17.3 Å². The molecular weight excluding hydrogens is 356 g/mol. The van der Waals surface area contributed by atoms with Crippen LogP contribution in [0.5, 0.6) is 0 Å². The molecule has 2 aromatic carbocycles. The van der Waals surface area contributed by atoms with Gasteiger partial charge in [0.15, 0.2) is 12.4 Å². The predicted molar refractivity (Wildman–Crippen MR) is 102 cm³/mol. The van der Waals surface area contributed by atoms with Crippen LogP contribution < -0.4 is 0 Å². The second-order valence-corrected chi connectivity index (χ2v) is 6.80. The number of Topliss-reactive ketones (excluding diaryl/α,β-unsaturated/α-hetero) is 1. The summed E-state index contributed by atoms with van der Waals surface area (Å²) < 4.78 is 10.3. The number of aryl methyl sites for hydroxylation is 3. The highest BCUT2D eigenvalue weighted by atomic mass is 16.5. The summed E-state index contributed by atoms with van der Waals surface area (Å²) in [6, 6.07) is 15.2. The first kappa shape index (κ1) is 18.1. The average Bonchev–Trinajstić information content (AvgIpc) is 3.40. The summed E-state index contributed by atoms with van der Waals surface area (Å²) in [6.45, 7) is -0.253. The average molecular weight is 376 g/mol. The summed E-state index contributed by atoms with van der Waals surface area (Å²) in [5.41, 5.74) is 3.98. The quantitative estimate of drug-likeness (QED) is 0.463. The normalized spacial score (nSPS) is 12.6. The van der Waals surface area contributed by atoms with Crippen LogP contribution in [0.2, 0.25) is 0 Å². The van der Waals surface area contributed by atoms with Crippen LogP contribution in [0.4, 0.5) is 0 Å². The number of hydrogen-bond donors (Lipinski definition) is 0. The van der Waals surface area contributed by atoms with Gasteiger partial charge in [-0.25, -0.2) is 0 Å². The van der Waals surface area contributed by atoms with Crippen molar-refractivity contribution in [3.05, 3.63) is 71.1 Å². The van der Waals surface area contributed by atoms with Crippen LogP contribution in [0.15, 0.2) is 53.1 Å². The Morgan fingerprint density at radius 3 is 2.71 bits per heavy atom. The number of hydrogen-bond acceptors (Lipinski definition) is 6. The van der Waals surface area contributed by atoms with Gasteiger partial charge in [-0.1, -0.05) is 47.6 Å². The molecule has 1 aromatic heterocycles. The van der Waals surface area contributed by atoms with Crippen molar-refractivity contribution in [3.8, 4) is 11.4 Å². The van der Waals surface area contributed by atoms with Gasteiger partial charge in [0.2, 0.25) is 11.7 Å². The molecule has 1 aliphatic carbocycles. The Kier molecular flexibility index (Phi) is 5.28. The predicted octanol–water partition coefficient (Wildman–Crippen LogP) is 3.58. The Morgan fingerprint density at radius 1 is 1.04 bits per heavy atom. The number of ketones is 1. The van der Waals surface area contributed by atoms with Gasteiger partial charge in [-0.2, -0.15) is 4.98 Å². The lowest BCUT2D eigenvalue weighted by molar-refractivity contribution is -0.142. The number of ether oxygens (including phenoxy) is 1. The molecule has 6 nitrogen and oxygen atoms in total. The molecule has 6 heteroatoms. The largest absolute Gasteiger partial charge is 0.457 e. The Hall–Kier alpha value is -3.28. The zero-order valence-electron chi connectivity index (χ0n) is 15.4. The smallest absolute Gasteiger partial charge is 0.306 e. The lowest BCUT2D eigenvalue weighted by Crippen LogP contribution is -2.14. The molecule has 0 aliphatic heterocycles. The molecule has 0 unspecified atom stereocenters. The number of esters is 1. The third kappa shape index (κ3) is 4.17. The Morgan fingerprint density at radius 2 is 1.86 bits per heavy atom. The number of benzene rings is 2. The molecule has 1 heterocycles. The van der Waals surface area contributed by atoms with E-state index >= 15 is 0 Å². The zero-order chi connectivity index (χ0) is 19.3. The minimum atomic E-state index is -0.464. The standard InChI is InChI=1S/C22H20N2O4/c25-19(18-10-9-15-7-4-8-17(15)13-18)14-27-21(26)12-11-20-23-22(24-28-20)16-5-2-1-3-6-16/h1-3,5-6,9-10,13H,4,7-8,11-12,14H2. The van der Waals surface area contributed by atoms with Crippen LogP contribution in [0.25, 0.3) is 11.4 Å². The van der Waals surface area contributed by atoms with Crippen molar-refractivity contribution < 1.29 is 18.8 Å². The monoisotopic (exact) mass is 376 g/mol. The molecule has 4 rings (SSSR count). The van der Waals surface area contributed by atoms with Gasteiger partial charge in [-0.3, -0.25) is 9.59 Å². The highest BCUT2D eigenvalue weighted by Gasteiger charge is 2.16. The number of rotatable bonds is 7. The molecule has 142 valence electrons. The van der Waals surface area contributed by atoms with Gasteiger partial charge in [0, 0.05) is 17.5 Å². The van der Waals surface area contributed by atoms with Gasteiger partial charge in [0.25, 0.3) is 0 Å². The number of nitrogens with zero attached hydrogens (tertiary/aromatic N) is 2. The van der Waals surface area contributed by atoms with E-state index in [1.807, 2.05) is 48.5 Å². The molecule has 28 heavy (non-hydrogen) atoms. The number of carbonyl (C=O) groups is 2. The molecule has 1 aliphatic rings. The molecular formula is C22H20N2O4. The second kappa shape index (κ2) is 8.17. The van der Waals surface area contributed by atoms with E-state index in [-0.39, 0.29) is 25.2 Å². The maximum absolute atomic E-state index is 12.3. The van der Waals surface area contributed by atoms with Crippen molar-refractivity contribution in [1.82, 2.24) is 10.1 Å². The molecule has 0 spiro atoms. The van der Waals surface area contributed by atoms with E-state index < -0.39 is 5.97 Å². The number of fused-ring (bicyclic) bond motifs is 1. The molecule has 0 radical (unpaired) electrons. The van der Waals surface area contributed by atoms with E-state index in [1.165, 1.54) is 11.1 Å². The second-order valence-electron chi connectivity index (χ2n) is 6.80. The van der Waals surface area contributed by atoms with Gasteiger partial charge in [0.05, 0.1) is 6.42 Å². The van der Waals surface area contributed by atoms with Gasteiger partial charge < -0.3 is 9.26 Å². The Balaban J connectivity index is 1.26. The maximum Gasteiger partial charge on any atom is 0.306 e. The van der Waals surface area contributed by atoms with Crippen molar-refractivity contribution in [2.45, 2.75) is 32.1 Å². The van der Waals surface area contributed by atoms with Crippen molar-refractivity contribution >= 4 is 11.8 Å². The lowest BCUT2D eigenvalue weighted by Gasteiger charge is -2.05. The minimum Gasteiger partial charge on any atom is -0.457 e. The minimum absolute atomic E-state index is 0.0773. The summed E-state index contributed by atoms with van der Waals surface area (Å²) in [5.74, 6) is 0.192. The SMILES string of the molecule is O=C(CCc1nc(-c2ccccc2)no1)OCC(=O)c1ccc2c(c1)CCC2. The van der Waals surface area contributed by atoms with Crippen LogP contribution in [-0.4, -0.2) is 28.5 Å². The Bertz CT molecular complexity index is 995. The summed E-state index contributed by atoms with van der Waals surface area (Å²) in [5, 5.41) is 3.91. The van der Waals surface area contributed by atoms with Crippen molar-refractivity contribution in [2.75, 3.05) is 6.61 Å². The third-order valence-electron chi connectivity index (χ3n) is 4.83. The van der Waals surface area contributed by atoms with E-state index in [4.69, 9.17) is 9.26 Å². The first-order valence-corrected chi connectivity index (χ1v) is 9.38. The fourth-order valence-corrected chi connectivity index (χ4v) is 3.32. The molecule has 0 atom stereocenters. The number of carbonyl (C=O) groups excluding carboxylic acids is 2. The third-order valence-corrected chi connectivity index (χ3v) is 4.83. The lowest BCUT2D eigenvalue weighted by atomic mass is 10.0. The van der Waals surface area contributed by atoms with Gasteiger partial charge in [0.1, 0.15) is 0 Å². The van der Waals surface area contributed by atoms with Crippen LogP contribution in [0.3, 0.4) is 0 Å². The van der Waals surface area contributed by atoms with Gasteiger partial charge in [-0.15, -0.1) is 0 Å². The molecule has 0 saturated carbocycles. The highest BCUT2D eigenvalue weighted by Crippen LogP contribution is 2.23. The van der Waals surface area contributed by atoms with E-state index in [9.17, 15) is 9.59 Å². The van der Waals surface area contributed by atoms with Crippen molar-refractivity contribution in [1.29, 1.82) is 0 Å². The zero-order valence-corrected chi connectivity index (χ0v) is 15.4. The summed E-state index contributed by atoms with van der Waals surface area (Å²) >= 11 is 0. The van der Waals surface area contributed by atoms with E-state index in [1.54, 1.807) is 0 Å². The van der Waals surface area contributed by atoms with Crippen molar-refractivity contribution in [3.63, 3.8) is 0 Å². The van der Waals surface area contributed by atoms with Crippen molar-refractivity contribution in [2.24, 2.45) is 0 Å². The molecule has 0 amide bonds. The molecule has 0 bridgehead atoms. The van der Waals surface area contributed by atoms with Crippen LogP contribution in [0.1, 0.15) is 40.2 Å². The summed E-state index contributed by atoms with van der Waals surface area (Å²) in [4.78, 5) is 28.5. The van der Waals surface area contributed by atoms with E-state index in [0.717, 1.165) is 24.8 Å². The summed E-state index contributed by atoms with van der Waals surface area (Å²) in [6.07, 6.45) is 3.55. The van der Waals surface area contributed by atoms with Crippen LogP contribution in [-0.2, 0) is 28.8 Å². The molecule has 0 saturated heterocycles. The van der Waals surface area contributed by atoms with Gasteiger partial charge >= 0.3 is 5.97 Å². The molecule has 0 N–H and O–H groups in total. The van der Waals surface area contributed by atoms with Crippen LogP contribution >= 0.6 is 0 Å². The fraction of sp³-hybridized carbons (Fsp3) is 0.273. The first-order chi connectivity index (χ1) is 13.7. The van der Waals surface area contributed by atoms with Gasteiger partial charge in [-0.05, 0) is 36.5 Å². The first-order valence-electron chi connectivity index (χ1n) is 9.38. The Labute approximate surface area is 162 Å². The fourth-order valence-electron chi connectivity index (χ4n) is 3.32. The van der Waals surface area contributed by atoms with E-state index in [2.05, 4.69) is 10.1 Å². The highest BCUT2D eigenvalue weighted by molar-refractivity contribution is 5.98. The molecule has 0 fully saturated rings. The summed E-state index contributed by atoms with van der Waals surface area (Å²) in [7, 11) is 0. The molecule has 3 aromatic rings. The topological polar surface area (TPSA) is 82.3 Å². The number of aromatic nitrogens is 2. The maximum atomic E-state index is 12.3.